The van der Waals surface area contributed by atoms with Crippen molar-refractivity contribution in [3.05, 3.63) is 17.2 Å². The molecule has 0 spiro atoms. The summed E-state index contributed by atoms with van der Waals surface area (Å²) in [6.07, 6.45) is 0.619. The Kier molecular flexibility index (Phi) is 5.62. The Hall–Kier alpha value is -0.730. The Morgan fingerprint density at radius 1 is 1.25 bits per heavy atom. The molecule has 0 aliphatic carbocycles. The fourth-order valence-electron chi connectivity index (χ4n) is 2.91. The van der Waals surface area contributed by atoms with Crippen molar-refractivity contribution in [2.45, 2.75) is 31.2 Å². The largest absolute Gasteiger partial charge is 0.486 e. The number of sulfonamides is 1. The van der Waals surface area contributed by atoms with E-state index in [1.165, 1.54) is 16.4 Å². The molecule has 2 heterocycles. The third-order valence-electron chi connectivity index (χ3n) is 4.49. The standard InChI is InChI=1S/C15H21ClN2O4S.ClH/c1-15(2)9-18(4-3-14(15)17)23(19,20)13-8-12-11(7-10(13)16)21-5-6-22-12;/h7-8,14H,3-6,9,17H2,1-2H3;1H. The van der Waals surface area contributed by atoms with Crippen molar-refractivity contribution >= 4 is 34.0 Å². The molecule has 1 atom stereocenters. The van der Waals surface area contributed by atoms with Crippen LogP contribution < -0.4 is 15.2 Å². The van der Waals surface area contributed by atoms with Gasteiger partial charge in [0.25, 0.3) is 0 Å². The Labute approximate surface area is 153 Å². The summed E-state index contributed by atoms with van der Waals surface area (Å²) in [7, 11) is -3.71. The van der Waals surface area contributed by atoms with Crippen molar-refractivity contribution in [3.8, 4) is 11.5 Å². The SMILES string of the molecule is CC1(C)CN(S(=O)(=O)c2cc3c(cc2Cl)OCCO3)CCC1N.Cl. The Morgan fingerprint density at radius 2 is 1.83 bits per heavy atom. The number of halogens is 2. The number of benzene rings is 1. The van der Waals surface area contributed by atoms with Crippen LogP contribution in [0.25, 0.3) is 0 Å². The van der Waals surface area contributed by atoms with Gasteiger partial charge in [0.2, 0.25) is 10.0 Å². The average molecular weight is 397 g/mol. The number of hydrogen-bond donors (Lipinski definition) is 1. The quantitative estimate of drug-likeness (QED) is 0.828. The lowest BCUT2D eigenvalue weighted by molar-refractivity contribution is 0.155. The summed E-state index contributed by atoms with van der Waals surface area (Å²) in [5.41, 5.74) is 5.81. The highest BCUT2D eigenvalue weighted by Crippen LogP contribution is 2.39. The molecule has 0 saturated carbocycles. The number of nitrogens with zero attached hydrogens (tertiary/aromatic N) is 1. The van der Waals surface area contributed by atoms with E-state index in [4.69, 9.17) is 26.8 Å². The van der Waals surface area contributed by atoms with Crippen molar-refractivity contribution in [3.63, 3.8) is 0 Å². The molecule has 1 fully saturated rings. The second-order valence-corrected chi connectivity index (χ2v) is 8.96. The van der Waals surface area contributed by atoms with Crippen molar-refractivity contribution in [1.29, 1.82) is 0 Å². The molecule has 1 saturated heterocycles. The third kappa shape index (κ3) is 3.46. The fourth-order valence-corrected chi connectivity index (χ4v) is 5.05. The summed E-state index contributed by atoms with van der Waals surface area (Å²) in [6, 6.07) is 2.93. The van der Waals surface area contributed by atoms with Gasteiger partial charge in [0.15, 0.2) is 11.5 Å². The molecule has 2 N–H and O–H groups in total. The van der Waals surface area contributed by atoms with E-state index in [-0.39, 0.29) is 33.8 Å². The van der Waals surface area contributed by atoms with Crippen LogP contribution in [0.1, 0.15) is 20.3 Å². The average Bonchev–Trinajstić information content (AvgIpc) is 2.49. The lowest BCUT2D eigenvalue weighted by Crippen LogP contribution is -2.53. The molecule has 2 aliphatic rings. The maximum atomic E-state index is 13.0. The van der Waals surface area contributed by atoms with Crippen molar-refractivity contribution < 1.29 is 17.9 Å². The summed E-state index contributed by atoms with van der Waals surface area (Å²) in [5.74, 6) is 0.883. The van der Waals surface area contributed by atoms with Gasteiger partial charge >= 0.3 is 0 Å². The zero-order chi connectivity index (χ0) is 16.8. The van der Waals surface area contributed by atoms with E-state index in [0.717, 1.165) is 0 Å². The van der Waals surface area contributed by atoms with Gasteiger partial charge in [0.1, 0.15) is 18.1 Å². The first kappa shape index (κ1) is 19.6. The molecule has 1 aromatic rings. The van der Waals surface area contributed by atoms with Crippen LogP contribution in [0.5, 0.6) is 11.5 Å². The van der Waals surface area contributed by atoms with Gasteiger partial charge in [-0.15, -0.1) is 12.4 Å². The lowest BCUT2D eigenvalue weighted by Gasteiger charge is -2.41. The van der Waals surface area contributed by atoms with Gasteiger partial charge in [0.05, 0.1) is 5.02 Å². The molecular weight excluding hydrogens is 375 g/mol. The van der Waals surface area contributed by atoms with Crippen LogP contribution in [0.3, 0.4) is 0 Å². The van der Waals surface area contributed by atoms with Crippen molar-refractivity contribution in [2.75, 3.05) is 26.3 Å². The topological polar surface area (TPSA) is 81.9 Å². The van der Waals surface area contributed by atoms with Gasteiger partial charge in [-0.05, 0) is 11.8 Å². The summed E-state index contributed by atoms with van der Waals surface area (Å²) in [5, 5.41) is 0.141. The second kappa shape index (κ2) is 6.88. The van der Waals surface area contributed by atoms with Crippen LogP contribution in [0.2, 0.25) is 5.02 Å². The van der Waals surface area contributed by atoms with Crippen LogP contribution in [0.4, 0.5) is 0 Å². The van der Waals surface area contributed by atoms with E-state index >= 15 is 0 Å². The maximum absolute atomic E-state index is 13.0. The number of ether oxygens (including phenoxy) is 2. The van der Waals surface area contributed by atoms with Gasteiger partial charge in [0, 0.05) is 31.3 Å². The van der Waals surface area contributed by atoms with Crippen LogP contribution in [-0.2, 0) is 10.0 Å². The molecule has 1 unspecified atom stereocenters. The highest BCUT2D eigenvalue weighted by Gasteiger charge is 2.39. The van der Waals surface area contributed by atoms with E-state index in [1.54, 1.807) is 0 Å². The predicted molar refractivity (Wildman–Crippen MR) is 94.8 cm³/mol. The molecular formula is C15H22Cl2N2O4S. The predicted octanol–water partition coefficient (Wildman–Crippen LogP) is 2.28. The summed E-state index contributed by atoms with van der Waals surface area (Å²) in [6.45, 7) is 5.52. The number of nitrogens with two attached hydrogens (primary N) is 1. The van der Waals surface area contributed by atoms with Crippen LogP contribution >= 0.6 is 24.0 Å². The smallest absolute Gasteiger partial charge is 0.244 e. The van der Waals surface area contributed by atoms with E-state index in [1.807, 2.05) is 13.8 Å². The molecule has 6 nitrogen and oxygen atoms in total. The van der Waals surface area contributed by atoms with Crippen LogP contribution in [0, 0.1) is 5.41 Å². The Balaban J connectivity index is 0.00000208. The van der Waals surface area contributed by atoms with Gasteiger partial charge in [-0.3, -0.25) is 0 Å². The summed E-state index contributed by atoms with van der Waals surface area (Å²) < 4.78 is 38.3. The van der Waals surface area contributed by atoms with Crippen molar-refractivity contribution in [1.82, 2.24) is 4.31 Å². The van der Waals surface area contributed by atoms with Gasteiger partial charge in [-0.25, -0.2) is 8.42 Å². The number of rotatable bonds is 2. The molecule has 1 aromatic carbocycles. The molecule has 0 amide bonds. The number of hydrogen-bond acceptors (Lipinski definition) is 5. The minimum absolute atomic E-state index is 0. The first-order valence-corrected chi connectivity index (χ1v) is 9.38. The first-order chi connectivity index (χ1) is 10.7. The molecule has 3 rings (SSSR count). The minimum Gasteiger partial charge on any atom is -0.486 e. The Morgan fingerprint density at radius 3 is 2.42 bits per heavy atom. The zero-order valence-corrected chi connectivity index (χ0v) is 16.0. The van der Waals surface area contributed by atoms with E-state index in [2.05, 4.69) is 0 Å². The fraction of sp³-hybridized carbons (Fsp3) is 0.600. The number of piperidine rings is 1. The summed E-state index contributed by atoms with van der Waals surface area (Å²) >= 11 is 6.20. The zero-order valence-electron chi connectivity index (χ0n) is 13.6. The summed E-state index contributed by atoms with van der Waals surface area (Å²) in [4.78, 5) is 0.0506. The molecule has 24 heavy (non-hydrogen) atoms. The maximum Gasteiger partial charge on any atom is 0.244 e. The molecule has 9 heteroatoms. The highest BCUT2D eigenvalue weighted by molar-refractivity contribution is 7.89. The van der Waals surface area contributed by atoms with Gasteiger partial charge in [-0.2, -0.15) is 4.31 Å². The minimum atomic E-state index is -3.71. The second-order valence-electron chi connectivity index (χ2n) is 6.65. The first-order valence-electron chi connectivity index (χ1n) is 7.57. The van der Waals surface area contributed by atoms with Crippen LogP contribution in [0.15, 0.2) is 17.0 Å². The monoisotopic (exact) mass is 396 g/mol. The lowest BCUT2D eigenvalue weighted by atomic mass is 9.81. The molecule has 2 aliphatic heterocycles. The van der Waals surface area contributed by atoms with Gasteiger partial charge in [-0.1, -0.05) is 25.4 Å². The molecule has 136 valence electrons. The number of fused-ring (bicyclic) bond motifs is 1. The highest BCUT2D eigenvalue weighted by atomic mass is 35.5. The molecule has 0 bridgehead atoms. The van der Waals surface area contributed by atoms with Gasteiger partial charge < -0.3 is 15.2 Å². The Bertz CT molecular complexity index is 724. The van der Waals surface area contributed by atoms with E-state index < -0.39 is 10.0 Å². The molecule has 0 radical (unpaired) electrons. The third-order valence-corrected chi connectivity index (χ3v) is 6.80. The van der Waals surface area contributed by atoms with Crippen molar-refractivity contribution in [2.24, 2.45) is 11.1 Å². The normalized spacial score (nSPS) is 23.4. The van der Waals surface area contributed by atoms with Crippen LogP contribution in [-0.4, -0.2) is 45.1 Å². The van der Waals surface area contributed by atoms with E-state index in [9.17, 15) is 8.42 Å². The molecule has 0 aromatic heterocycles. The van der Waals surface area contributed by atoms with E-state index in [0.29, 0.717) is 44.2 Å².